The molecular weight excluding hydrogens is 412 g/mol. The predicted molar refractivity (Wildman–Crippen MR) is 119 cm³/mol. The Morgan fingerprint density at radius 3 is 2.48 bits per heavy atom. The summed E-state index contributed by atoms with van der Waals surface area (Å²) in [6.45, 7) is 5.31. The molecule has 1 N–H and O–H groups in total. The predicted octanol–water partition coefficient (Wildman–Crippen LogP) is 3.77. The van der Waals surface area contributed by atoms with Crippen LogP contribution in [-0.4, -0.2) is 30.5 Å². The maximum Gasteiger partial charge on any atom is 0.256 e. The van der Waals surface area contributed by atoms with Gasteiger partial charge in [0.05, 0.1) is 24.3 Å². The van der Waals surface area contributed by atoms with Crippen molar-refractivity contribution in [3.8, 4) is 0 Å². The smallest absolute Gasteiger partial charge is 0.256 e. The second kappa shape index (κ2) is 9.14. The number of halogens is 1. The van der Waals surface area contributed by atoms with Crippen molar-refractivity contribution in [1.82, 2.24) is 29.9 Å². The lowest BCUT2D eigenvalue weighted by atomic mass is 10.1. The van der Waals surface area contributed by atoms with E-state index in [1.165, 1.54) is 11.9 Å². The molecule has 0 aliphatic heterocycles. The van der Waals surface area contributed by atoms with Gasteiger partial charge in [-0.25, -0.2) is 14.3 Å². The minimum Gasteiger partial charge on any atom is -0.348 e. The summed E-state index contributed by atoms with van der Waals surface area (Å²) >= 11 is 6.53. The van der Waals surface area contributed by atoms with Gasteiger partial charge in [-0.15, -0.1) is 0 Å². The average Bonchev–Trinajstić information content (AvgIpc) is 3.36. The van der Waals surface area contributed by atoms with Crippen molar-refractivity contribution < 1.29 is 4.79 Å². The van der Waals surface area contributed by atoms with Crippen LogP contribution >= 0.6 is 11.6 Å². The average molecular weight is 435 g/mol. The van der Waals surface area contributed by atoms with Crippen LogP contribution in [0.5, 0.6) is 0 Å². The van der Waals surface area contributed by atoms with E-state index in [-0.39, 0.29) is 5.91 Å². The van der Waals surface area contributed by atoms with Crippen LogP contribution in [0.15, 0.2) is 61.2 Å². The van der Waals surface area contributed by atoms with Gasteiger partial charge in [0.2, 0.25) is 0 Å². The van der Waals surface area contributed by atoms with E-state index >= 15 is 0 Å². The Balaban J connectivity index is 1.47. The van der Waals surface area contributed by atoms with Crippen LogP contribution in [0.1, 0.15) is 38.3 Å². The van der Waals surface area contributed by atoms with Gasteiger partial charge in [0.15, 0.2) is 0 Å². The van der Waals surface area contributed by atoms with E-state index in [4.69, 9.17) is 11.6 Å². The molecule has 2 aromatic carbocycles. The molecule has 0 saturated heterocycles. The van der Waals surface area contributed by atoms with Crippen molar-refractivity contribution in [1.29, 1.82) is 0 Å². The number of carbonyl (C=O) groups excluding carboxylic acids is 1. The highest BCUT2D eigenvalue weighted by atomic mass is 35.5. The van der Waals surface area contributed by atoms with Crippen LogP contribution in [0.4, 0.5) is 0 Å². The highest BCUT2D eigenvalue weighted by Crippen LogP contribution is 2.21. The molecule has 0 bridgehead atoms. The fourth-order valence-electron chi connectivity index (χ4n) is 3.42. The number of aromatic nitrogens is 5. The molecule has 0 aliphatic rings. The molecule has 4 rings (SSSR count). The minimum atomic E-state index is -0.242. The van der Waals surface area contributed by atoms with Gasteiger partial charge in [0, 0.05) is 6.54 Å². The number of amides is 1. The van der Waals surface area contributed by atoms with Gasteiger partial charge in [-0.1, -0.05) is 65.7 Å². The summed E-state index contributed by atoms with van der Waals surface area (Å²) in [5.74, 6) is -0.242. The molecule has 2 heterocycles. The van der Waals surface area contributed by atoms with Gasteiger partial charge >= 0.3 is 0 Å². The number of benzene rings is 2. The third kappa shape index (κ3) is 4.83. The Morgan fingerprint density at radius 1 is 1.03 bits per heavy atom. The molecule has 0 radical (unpaired) electrons. The van der Waals surface area contributed by atoms with Crippen LogP contribution in [0.2, 0.25) is 5.15 Å². The first-order chi connectivity index (χ1) is 15.0. The summed E-state index contributed by atoms with van der Waals surface area (Å²) in [5.41, 5.74) is 5.34. The second-order valence-corrected chi connectivity index (χ2v) is 7.80. The highest BCUT2D eigenvalue weighted by Gasteiger charge is 2.20. The zero-order chi connectivity index (χ0) is 21.8. The zero-order valence-corrected chi connectivity index (χ0v) is 18.2. The Labute approximate surface area is 185 Å². The molecular formula is C23H23ClN6O. The molecule has 0 spiro atoms. The normalized spacial score (nSPS) is 10.9. The Kier molecular flexibility index (Phi) is 6.13. The van der Waals surface area contributed by atoms with E-state index in [2.05, 4.69) is 20.5 Å². The van der Waals surface area contributed by atoms with E-state index in [1.54, 1.807) is 22.6 Å². The minimum absolute atomic E-state index is 0.242. The van der Waals surface area contributed by atoms with Gasteiger partial charge in [-0.05, 0) is 30.5 Å². The third-order valence-corrected chi connectivity index (χ3v) is 5.49. The molecule has 0 saturated carbocycles. The lowest BCUT2D eigenvalue weighted by Gasteiger charge is -2.11. The molecule has 2 aromatic heterocycles. The van der Waals surface area contributed by atoms with Crippen molar-refractivity contribution in [2.75, 3.05) is 0 Å². The second-order valence-electron chi connectivity index (χ2n) is 7.44. The number of hydrogen-bond acceptors (Lipinski definition) is 4. The van der Waals surface area contributed by atoms with Crippen molar-refractivity contribution in [2.24, 2.45) is 0 Å². The molecule has 8 heteroatoms. The van der Waals surface area contributed by atoms with Crippen molar-refractivity contribution in [3.63, 3.8) is 0 Å². The fourth-order valence-corrected chi connectivity index (χ4v) is 3.74. The molecule has 0 fully saturated rings. The number of carbonyl (C=O) groups is 1. The monoisotopic (exact) mass is 434 g/mol. The molecule has 0 aliphatic carbocycles. The summed E-state index contributed by atoms with van der Waals surface area (Å²) in [7, 11) is 0. The fraction of sp³-hybridized carbons (Fsp3) is 0.217. The van der Waals surface area contributed by atoms with Crippen molar-refractivity contribution in [2.45, 2.75) is 33.5 Å². The van der Waals surface area contributed by atoms with E-state index in [1.807, 2.05) is 55.5 Å². The van der Waals surface area contributed by atoms with Gasteiger partial charge in [0.25, 0.3) is 5.91 Å². The zero-order valence-electron chi connectivity index (χ0n) is 17.4. The first-order valence-corrected chi connectivity index (χ1v) is 10.3. The number of rotatable bonds is 7. The van der Waals surface area contributed by atoms with Crippen LogP contribution in [0, 0.1) is 13.8 Å². The summed E-state index contributed by atoms with van der Waals surface area (Å²) < 4.78 is 3.41. The molecule has 1 amide bonds. The standard InChI is InChI=1S/C23H23ClN6O/c1-16-7-9-18(10-8-16)12-30-22(24)21(17(2)28-30)23(31)26-11-19-5-3-4-6-20(19)13-29-15-25-14-27-29/h3-10,14-15H,11-13H2,1-2H3,(H,26,31). The van der Waals surface area contributed by atoms with Crippen LogP contribution in [-0.2, 0) is 19.6 Å². The summed E-state index contributed by atoms with van der Waals surface area (Å²) in [6.07, 6.45) is 3.17. The van der Waals surface area contributed by atoms with E-state index in [9.17, 15) is 4.79 Å². The molecule has 7 nitrogen and oxygen atoms in total. The van der Waals surface area contributed by atoms with Gasteiger partial charge < -0.3 is 5.32 Å². The van der Waals surface area contributed by atoms with Gasteiger partial charge in [-0.3, -0.25) is 4.79 Å². The topological polar surface area (TPSA) is 77.6 Å². The number of hydrogen-bond donors (Lipinski definition) is 1. The van der Waals surface area contributed by atoms with Crippen LogP contribution in [0.3, 0.4) is 0 Å². The summed E-state index contributed by atoms with van der Waals surface area (Å²) in [4.78, 5) is 16.9. The van der Waals surface area contributed by atoms with Gasteiger partial charge in [-0.2, -0.15) is 10.2 Å². The van der Waals surface area contributed by atoms with Crippen LogP contribution < -0.4 is 5.32 Å². The molecule has 4 aromatic rings. The largest absolute Gasteiger partial charge is 0.348 e. The van der Waals surface area contributed by atoms with Crippen molar-refractivity contribution in [3.05, 3.63) is 99.8 Å². The maximum absolute atomic E-state index is 12.9. The number of aryl methyl sites for hydroxylation is 2. The highest BCUT2D eigenvalue weighted by molar-refractivity contribution is 6.33. The summed E-state index contributed by atoms with van der Waals surface area (Å²) in [6, 6.07) is 16.1. The Bertz CT molecular complexity index is 1180. The van der Waals surface area contributed by atoms with Crippen molar-refractivity contribution >= 4 is 17.5 Å². The molecule has 31 heavy (non-hydrogen) atoms. The Hall–Kier alpha value is -3.45. The molecule has 0 unspecified atom stereocenters. The quantitative estimate of drug-likeness (QED) is 0.480. The SMILES string of the molecule is Cc1ccc(Cn2nc(C)c(C(=O)NCc3ccccc3Cn3cncn3)c2Cl)cc1. The van der Waals surface area contributed by atoms with Gasteiger partial charge in [0.1, 0.15) is 17.8 Å². The summed E-state index contributed by atoms with van der Waals surface area (Å²) in [5, 5.41) is 11.9. The lowest BCUT2D eigenvalue weighted by molar-refractivity contribution is 0.0950. The molecule has 0 atom stereocenters. The third-order valence-electron chi connectivity index (χ3n) is 5.10. The van der Waals surface area contributed by atoms with E-state index in [0.717, 1.165) is 16.7 Å². The first-order valence-electron chi connectivity index (χ1n) is 9.97. The van der Waals surface area contributed by atoms with Crippen LogP contribution in [0.25, 0.3) is 0 Å². The molecule has 158 valence electrons. The number of nitrogens with zero attached hydrogens (tertiary/aromatic N) is 5. The maximum atomic E-state index is 12.9. The van der Waals surface area contributed by atoms with E-state index < -0.39 is 0 Å². The number of nitrogens with one attached hydrogen (secondary N) is 1. The Morgan fingerprint density at radius 2 is 1.77 bits per heavy atom. The van der Waals surface area contributed by atoms with E-state index in [0.29, 0.717) is 36.0 Å². The lowest BCUT2D eigenvalue weighted by Crippen LogP contribution is -2.24. The first kappa shape index (κ1) is 20.8.